The summed E-state index contributed by atoms with van der Waals surface area (Å²) in [6.45, 7) is 0.405. The Hall–Kier alpha value is -3.21. The molecule has 1 amide bonds. The Labute approximate surface area is 234 Å². The van der Waals surface area contributed by atoms with Crippen molar-refractivity contribution in [1.29, 1.82) is 0 Å². The van der Waals surface area contributed by atoms with Gasteiger partial charge in [0.2, 0.25) is 0 Å². The van der Waals surface area contributed by atoms with Crippen molar-refractivity contribution in [2.24, 2.45) is 16.8 Å². The molecule has 0 spiro atoms. The summed E-state index contributed by atoms with van der Waals surface area (Å²) in [5.41, 5.74) is -0.673. The molecule has 2 bridgehead atoms. The average Bonchev–Trinajstić information content (AvgIpc) is 3.21. The first kappa shape index (κ1) is 28.3. The standard InChI is InChI=1S/C29H26ClF3N2O4S/c30-22-9-8-18(28(36)35-21-11-23(31)26(33)24(32)12-21)10-25(22)40(38,39)27-19-6-7-20(27)14-29(37,13-19)16-34-15-17-4-2-1-3-5-17/h1-5,8-12,16,19-20,27,37H,6-7,13-15H2,(H,35,36)/b34-16+/t19?,20?,27-,29-. The molecule has 2 aliphatic rings. The van der Waals surface area contributed by atoms with E-state index in [9.17, 15) is 31.5 Å². The van der Waals surface area contributed by atoms with Gasteiger partial charge in [-0.05, 0) is 61.3 Å². The number of aliphatic hydroxyl groups is 1. The molecule has 2 atom stereocenters. The number of aliphatic imine (C=N–C) groups is 1. The van der Waals surface area contributed by atoms with Crippen molar-refractivity contribution in [3.8, 4) is 0 Å². The third-order valence-electron chi connectivity index (χ3n) is 7.62. The Morgan fingerprint density at radius 1 is 1.02 bits per heavy atom. The summed E-state index contributed by atoms with van der Waals surface area (Å²) in [6.07, 6.45) is 3.22. The zero-order valence-corrected chi connectivity index (χ0v) is 22.7. The predicted molar refractivity (Wildman–Crippen MR) is 146 cm³/mol. The third-order valence-corrected chi connectivity index (χ3v) is 10.5. The molecule has 2 fully saturated rings. The summed E-state index contributed by atoms with van der Waals surface area (Å²) in [6, 6.07) is 14.5. The van der Waals surface area contributed by atoms with E-state index in [-0.39, 0.29) is 45.8 Å². The molecule has 5 rings (SSSR count). The van der Waals surface area contributed by atoms with Crippen molar-refractivity contribution in [3.63, 3.8) is 0 Å². The molecule has 2 saturated carbocycles. The smallest absolute Gasteiger partial charge is 0.255 e. The summed E-state index contributed by atoms with van der Waals surface area (Å²) >= 11 is 6.30. The number of fused-ring (bicyclic) bond motifs is 2. The van der Waals surface area contributed by atoms with E-state index in [0.29, 0.717) is 31.5 Å². The second kappa shape index (κ2) is 11.0. The van der Waals surface area contributed by atoms with Gasteiger partial charge in [-0.2, -0.15) is 0 Å². The molecule has 3 aromatic carbocycles. The number of hydrogen-bond acceptors (Lipinski definition) is 5. The lowest BCUT2D eigenvalue weighted by molar-refractivity contribution is 0.0476. The van der Waals surface area contributed by atoms with Crippen LogP contribution in [-0.2, 0) is 16.4 Å². The van der Waals surface area contributed by atoms with E-state index < -0.39 is 44.0 Å². The lowest BCUT2D eigenvalue weighted by atomic mass is 9.78. The molecule has 3 aromatic rings. The van der Waals surface area contributed by atoms with Gasteiger partial charge in [0.1, 0.15) is 0 Å². The summed E-state index contributed by atoms with van der Waals surface area (Å²) in [5, 5.41) is 12.6. The number of hydrogen-bond donors (Lipinski definition) is 2. The molecular weight excluding hydrogens is 565 g/mol. The maximum Gasteiger partial charge on any atom is 0.255 e. The molecule has 0 radical (unpaired) electrons. The van der Waals surface area contributed by atoms with E-state index >= 15 is 0 Å². The number of nitrogens with one attached hydrogen (secondary N) is 1. The van der Waals surface area contributed by atoms with E-state index in [1.165, 1.54) is 18.3 Å². The highest BCUT2D eigenvalue weighted by atomic mass is 35.5. The van der Waals surface area contributed by atoms with Crippen molar-refractivity contribution >= 4 is 39.2 Å². The van der Waals surface area contributed by atoms with Crippen LogP contribution in [0, 0.1) is 29.3 Å². The van der Waals surface area contributed by atoms with Crippen molar-refractivity contribution in [2.45, 2.75) is 48.0 Å². The molecular formula is C29H26ClF3N2O4S. The Kier molecular flexibility index (Phi) is 7.78. The number of nitrogens with zero attached hydrogens (tertiary/aromatic N) is 1. The quantitative estimate of drug-likeness (QED) is 0.262. The van der Waals surface area contributed by atoms with E-state index in [1.54, 1.807) is 0 Å². The monoisotopic (exact) mass is 590 g/mol. The molecule has 11 heteroatoms. The first-order valence-corrected chi connectivity index (χ1v) is 14.7. The number of amides is 1. The Morgan fingerprint density at radius 3 is 2.27 bits per heavy atom. The second-order valence-corrected chi connectivity index (χ2v) is 12.9. The molecule has 0 aliphatic heterocycles. The number of sulfone groups is 1. The van der Waals surface area contributed by atoms with Gasteiger partial charge in [-0.1, -0.05) is 41.9 Å². The van der Waals surface area contributed by atoms with Crippen molar-refractivity contribution < 1.29 is 31.5 Å². The minimum Gasteiger partial charge on any atom is -0.384 e. The van der Waals surface area contributed by atoms with Gasteiger partial charge in [0.15, 0.2) is 27.3 Å². The predicted octanol–water partition coefficient (Wildman–Crippen LogP) is 5.97. The van der Waals surface area contributed by atoms with E-state index in [2.05, 4.69) is 10.3 Å². The van der Waals surface area contributed by atoms with E-state index in [0.717, 1.165) is 11.6 Å². The molecule has 0 heterocycles. The molecule has 210 valence electrons. The van der Waals surface area contributed by atoms with Crippen LogP contribution in [0.25, 0.3) is 0 Å². The molecule has 0 saturated heterocycles. The van der Waals surface area contributed by atoms with Gasteiger partial charge in [0.05, 0.1) is 27.3 Å². The van der Waals surface area contributed by atoms with Gasteiger partial charge in [-0.3, -0.25) is 9.79 Å². The molecule has 40 heavy (non-hydrogen) atoms. The third kappa shape index (κ3) is 5.66. The lowest BCUT2D eigenvalue weighted by Crippen LogP contribution is -2.47. The topological polar surface area (TPSA) is 95.8 Å². The fourth-order valence-electron chi connectivity index (χ4n) is 5.93. The van der Waals surface area contributed by atoms with Crippen LogP contribution < -0.4 is 5.32 Å². The fourth-order valence-corrected chi connectivity index (χ4v) is 8.77. The summed E-state index contributed by atoms with van der Waals surface area (Å²) < 4.78 is 68.1. The molecule has 0 aromatic heterocycles. The maximum atomic E-state index is 13.9. The van der Waals surface area contributed by atoms with E-state index in [4.69, 9.17) is 11.6 Å². The number of halogens is 4. The van der Waals surface area contributed by atoms with Crippen molar-refractivity contribution in [3.05, 3.63) is 94.3 Å². The minimum absolute atomic E-state index is 0.0694. The highest BCUT2D eigenvalue weighted by Crippen LogP contribution is 2.51. The number of rotatable bonds is 7. The fraction of sp³-hybridized carbons (Fsp3) is 0.310. The Bertz CT molecular complexity index is 1550. The van der Waals surface area contributed by atoms with Crippen LogP contribution in [0.5, 0.6) is 0 Å². The Balaban J connectivity index is 1.35. The van der Waals surface area contributed by atoms with Gasteiger partial charge in [0.25, 0.3) is 5.91 Å². The molecule has 2 N–H and O–H groups in total. The average molecular weight is 591 g/mol. The summed E-state index contributed by atoms with van der Waals surface area (Å²) in [5.74, 6) is -6.16. The number of anilines is 1. The largest absolute Gasteiger partial charge is 0.384 e. The highest BCUT2D eigenvalue weighted by molar-refractivity contribution is 7.92. The summed E-state index contributed by atoms with van der Waals surface area (Å²) in [4.78, 5) is 17.0. The number of carbonyl (C=O) groups excluding carboxylic acids is 1. The van der Waals surface area contributed by atoms with Gasteiger partial charge < -0.3 is 10.4 Å². The van der Waals surface area contributed by atoms with Crippen molar-refractivity contribution in [1.82, 2.24) is 0 Å². The van der Waals surface area contributed by atoms with Gasteiger partial charge in [-0.15, -0.1) is 0 Å². The Morgan fingerprint density at radius 2 is 1.65 bits per heavy atom. The van der Waals surface area contributed by atoms with Gasteiger partial charge in [0, 0.05) is 29.6 Å². The summed E-state index contributed by atoms with van der Waals surface area (Å²) in [7, 11) is -4.03. The minimum atomic E-state index is -4.03. The van der Waals surface area contributed by atoms with E-state index in [1.807, 2.05) is 30.3 Å². The van der Waals surface area contributed by atoms with Gasteiger partial charge in [-0.25, -0.2) is 21.6 Å². The first-order chi connectivity index (χ1) is 19.0. The molecule has 2 aliphatic carbocycles. The second-order valence-electron chi connectivity index (χ2n) is 10.4. The SMILES string of the molecule is O=C(Nc1cc(F)c(F)c(F)c1)c1ccc(Cl)c(S(=O)(=O)[C@H]2C3CCC2C[C@](O)(/C=N/Cc2ccccc2)C3)c1. The lowest BCUT2D eigenvalue weighted by Gasteiger charge is -2.38. The number of carbonyl (C=O) groups is 1. The van der Waals surface area contributed by atoms with Crippen LogP contribution >= 0.6 is 11.6 Å². The molecule has 2 unspecified atom stereocenters. The highest BCUT2D eigenvalue weighted by Gasteiger charge is 2.54. The zero-order valence-electron chi connectivity index (χ0n) is 21.2. The van der Waals surface area contributed by atoms with Crippen LogP contribution in [0.1, 0.15) is 41.6 Å². The maximum absolute atomic E-state index is 13.9. The van der Waals surface area contributed by atoms with Crippen LogP contribution in [-0.4, -0.2) is 36.5 Å². The van der Waals surface area contributed by atoms with Crippen LogP contribution in [0.2, 0.25) is 5.02 Å². The van der Waals surface area contributed by atoms with Crippen LogP contribution in [0.15, 0.2) is 70.6 Å². The van der Waals surface area contributed by atoms with Gasteiger partial charge >= 0.3 is 0 Å². The zero-order chi connectivity index (χ0) is 28.7. The van der Waals surface area contributed by atoms with Crippen LogP contribution in [0.3, 0.4) is 0 Å². The number of benzene rings is 3. The molecule has 6 nitrogen and oxygen atoms in total. The van der Waals surface area contributed by atoms with Crippen molar-refractivity contribution in [2.75, 3.05) is 5.32 Å². The normalized spacial score (nSPS) is 24.4. The first-order valence-electron chi connectivity index (χ1n) is 12.7. The van der Waals surface area contributed by atoms with Crippen LogP contribution in [0.4, 0.5) is 18.9 Å².